The lowest BCUT2D eigenvalue weighted by Crippen LogP contribution is -2.26. The van der Waals surface area contributed by atoms with Gasteiger partial charge < -0.3 is 20.0 Å². The Hall–Kier alpha value is -2.47. The molecule has 1 heterocycles. The van der Waals surface area contributed by atoms with Crippen LogP contribution in [0, 0.1) is 13.8 Å². The van der Waals surface area contributed by atoms with Gasteiger partial charge in [0.15, 0.2) is 0 Å². The Kier molecular flexibility index (Phi) is 9.41. The quantitative estimate of drug-likeness (QED) is 0.554. The zero-order chi connectivity index (χ0) is 24.8. The first-order valence-electron chi connectivity index (χ1n) is 11.0. The van der Waals surface area contributed by atoms with Crippen LogP contribution < -0.4 is 9.80 Å². The third-order valence-corrected chi connectivity index (χ3v) is 7.60. The molecule has 5 heteroatoms. The molecule has 1 aliphatic heterocycles. The molecular formula is C28H38N2O2S. The number of aliphatic hydroxyl groups is 2. The van der Waals surface area contributed by atoms with E-state index in [4.69, 9.17) is 10.2 Å². The number of nitrogens with zero attached hydrogens (tertiary/aromatic N) is 2. The molecule has 0 amide bonds. The Morgan fingerprint density at radius 2 is 1.12 bits per heavy atom. The standard InChI is InChI=1S/C26H30N2S.2CH4O/c1-18-15-21(27(3)4)11-13-23(18)26(25-10-8-7-9-20(25)17-29-26)24-14-12-22(28(5)6)16-19(24)2;2*1-2/h7-16H,17H2,1-6H3;2*2H,1H3. The lowest BCUT2D eigenvalue weighted by atomic mass is 9.79. The molecule has 0 radical (unpaired) electrons. The van der Waals surface area contributed by atoms with E-state index >= 15 is 0 Å². The normalized spacial score (nSPS) is 13.2. The number of hydrogen-bond acceptors (Lipinski definition) is 5. The van der Waals surface area contributed by atoms with Crippen molar-refractivity contribution in [2.75, 3.05) is 52.2 Å². The predicted octanol–water partition coefficient (Wildman–Crippen LogP) is 5.19. The van der Waals surface area contributed by atoms with E-state index in [0.717, 1.165) is 20.0 Å². The van der Waals surface area contributed by atoms with Gasteiger partial charge in [-0.05, 0) is 71.5 Å². The van der Waals surface area contributed by atoms with Gasteiger partial charge in [0.1, 0.15) is 0 Å². The monoisotopic (exact) mass is 466 g/mol. The van der Waals surface area contributed by atoms with Crippen LogP contribution >= 0.6 is 11.8 Å². The number of thioether (sulfide) groups is 1. The van der Waals surface area contributed by atoms with E-state index in [9.17, 15) is 0 Å². The molecule has 0 unspecified atom stereocenters. The van der Waals surface area contributed by atoms with Crippen molar-refractivity contribution >= 4 is 23.1 Å². The number of aliphatic hydroxyl groups excluding tert-OH is 2. The molecule has 0 saturated carbocycles. The minimum atomic E-state index is -0.166. The second kappa shape index (κ2) is 11.6. The lowest BCUT2D eigenvalue weighted by molar-refractivity contribution is 0.399. The summed E-state index contributed by atoms with van der Waals surface area (Å²) >= 11 is 2.05. The number of hydrogen-bond donors (Lipinski definition) is 2. The van der Waals surface area contributed by atoms with Crippen LogP contribution in [0.2, 0.25) is 0 Å². The number of benzene rings is 3. The minimum absolute atomic E-state index is 0.166. The molecule has 2 N–H and O–H groups in total. The van der Waals surface area contributed by atoms with Crippen LogP contribution in [-0.2, 0) is 10.5 Å². The van der Waals surface area contributed by atoms with E-state index in [0.29, 0.717) is 0 Å². The molecule has 0 saturated heterocycles. The summed E-state index contributed by atoms with van der Waals surface area (Å²) in [6.07, 6.45) is 0. The first-order chi connectivity index (χ1) is 15.8. The van der Waals surface area contributed by atoms with Crippen LogP contribution in [0.3, 0.4) is 0 Å². The van der Waals surface area contributed by atoms with Crippen LogP contribution in [0.25, 0.3) is 0 Å². The molecule has 0 atom stereocenters. The maximum absolute atomic E-state index is 7.00. The Bertz CT molecular complexity index is 1010. The molecule has 1 aliphatic rings. The van der Waals surface area contributed by atoms with Crippen LogP contribution in [-0.4, -0.2) is 52.6 Å². The van der Waals surface area contributed by atoms with E-state index in [1.807, 2.05) is 0 Å². The summed E-state index contributed by atoms with van der Waals surface area (Å²) in [6, 6.07) is 22.8. The smallest absolute Gasteiger partial charge is 0.0918 e. The first kappa shape index (κ1) is 26.8. The molecule has 0 spiro atoms. The molecular weight excluding hydrogens is 428 g/mol. The molecule has 3 aromatic carbocycles. The van der Waals surface area contributed by atoms with Gasteiger partial charge in [-0.2, -0.15) is 0 Å². The van der Waals surface area contributed by atoms with E-state index in [1.54, 1.807) is 0 Å². The van der Waals surface area contributed by atoms with Crippen molar-refractivity contribution in [3.8, 4) is 0 Å². The highest BCUT2D eigenvalue weighted by Crippen LogP contribution is 2.57. The average molecular weight is 467 g/mol. The molecule has 0 fully saturated rings. The third kappa shape index (κ3) is 5.06. The maximum atomic E-state index is 7.00. The highest BCUT2D eigenvalue weighted by molar-refractivity contribution is 8.00. The Morgan fingerprint density at radius 1 is 0.667 bits per heavy atom. The van der Waals surface area contributed by atoms with Crippen LogP contribution in [0.1, 0.15) is 33.4 Å². The number of anilines is 2. The number of rotatable bonds is 4. The molecule has 4 rings (SSSR count). The fourth-order valence-corrected chi connectivity index (χ4v) is 6.23. The van der Waals surface area contributed by atoms with Gasteiger partial charge in [0.25, 0.3) is 0 Å². The zero-order valence-corrected chi connectivity index (χ0v) is 22.0. The fraction of sp³-hybridized carbons (Fsp3) is 0.357. The third-order valence-electron chi connectivity index (χ3n) is 6.05. The topological polar surface area (TPSA) is 46.9 Å². The van der Waals surface area contributed by atoms with Gasteiger partial charge in [-0.3, -0.25) is 0 Å². The van der Waals surface area contributed by atoms with Gasteiger partial charge in [0, 0.05) is 59.5 Å². The first-order valence-corrected chi connectivity index (χ1v) is 12.0. The molecule has 33 heavy (non-hydrogen) atoms. The van der Waals surface area contributed by atoms with E-state index < -0.39 is 0 Å². The second-order valence-electron chi connectivity index (χ2n) is 8.41. The number of aryl methyl sites for hydroxylation is 2. The van der Waals surface area contributed by atoms with Crippen molar-refractivity contribution in [3.63, 3.8) is 0 Å². The van der Waals surface area contributed by atoms with E-state index in [-0.39, 0.29) is 4.75 Å². The SMILES string of the molecule is CO.CO.Cc1cc(N(C)C)ccc1C1(c2ccc(N(C)C)cc2C)SCc2ccccc21. The molecule has 3 aromatic rings. The van der Waals surface area contributed by atoms with Crippen molar-refractivity contribution < 1.29 is 10.2 Å². The van der Waals surface area contributed by atoms with Crippen molar-refractivity contribution in [3.05, 3.63) is 94.0 Å². The maximum Gasteiger partial charge on any atom is 0.0918 e. The van der Waals surface area contributed by atoms with Gasteiger partial charge in [0.2, 0.25) is 0 Å². The van der Waals surface area contributed by atoms with Crippen molar-refractivity contribution in [2.45, 2.75) is 24.3 Å². The Balaban J connectivity index is 0.000000914. The van der Waals surface area contributed by atoms with Crippen molar-refractivity contribution in [2.24, 2.45) is 0 Å². The predicted molar refractivity (Wildman–Crippen MR) is 145 cm³/mol. The van der Waals surface area contributed by atoms with E-state index in [1.165, 1.54) is 44.8 Å². The lowest BCUT2D eigenvalue weighted by Gasteiger charge is -2.35. The molecule has 4 nitrogen and oxygen atoms in total. The van der Waals surface area contributed by atoms with Gasteiger partial charge in [0.05, 0.1) is 4.75 Å². The van der Waals surface area contributed by atoms with Crippen LogP contribution in [0.5, 0.6) is 0 Å². The largest absolute Gasteiger partial charge is 0.400 e. The summed E-state index contributed by atoms with van der Waals surface area (Å²) in [7, 11) is 10.4. The van der Waals surface area contributed by atoms with E-state index in [2.05, 4.69) is 124 Å². The summed E-state index contributed by atoms with van der Waals surface area (Å²) < 4.78 is -0.166. The number of fused-ring (bicyclic) bond motifs is 1. The summed E-state index contributed by atoms with van der Waals surface area (Å²) in [5.74, 6) is 1.04. The van der Waals surface area contributed by atoms with Gasteiger partial charge in [-0.1, -0.05) is 36.4 Å². The molecule has 0 bridgehead atoms. The van der Waals surface area contributed by atoms with Gasteiger partial charge in [-0.15, -0.1) is 11.8 Å². The zero-order valence-electron chi connectivity index (χ0n) is 21.2. The van der Waals surface area contributed by atoms with Crippen molar-refractivity contribution in [1.82, 2.24) is 0 Å². The second-order valence-corrected chi connectivity index (χ2v) is 9.60. The van der Waals surface area contributed by atoms with Gasteiger partial charge in [-0.25, -0.2) is 0 Å². The summed E-state index contributed by atoms with van der Waals surface area (Å²) in [6.45, 7) is 4.52. The summed E-state index contributed by atoms with van der Waals surface area (Å²) in [5, 5.41) is 14.0. The average Bonchev–Trinajstić information content (AvgIpc) is 3.21. The van der Waals surface area contributed by atoms with Crippen LogP contribution in [0.15, 0.2) is 60.7 Å². The summed E-state index contributed by atoms with van der Waals surface area (Å²) in [5.41, 5.74) is 10.9. The Morgan fingerprint density at radius 3 is 1.55 bits per heavy atom. The molecule has 0 aliphatic carbocycles. The van der Waals surface area contributed by atoms with Crippen molar-refractivity contribution in [1.29, 1.82) is 0 Å². The highest BCUT2D eigenvalue weighted by atomic mass is 32.2. The Labute approximate surface area is 203 Å². The van der Waals surface area contributed by atoms with Crippen LogP contribution in [0.4, 0.5) is 11.4 Å². The molecule has 178 valence electrons. The minimum Gasteiger partial charge on any atom is -0.400 e. The highest BCUT2D eigenvalue weighted by Gasteiger charge is 2.44. The van der Waals surface area contributed by atoms with Gasteiger partial charge >= 0.3 is 0 Å². The fourth-order valence-electron chi connectivity index (χ4n) is 4.49. The molecule has 0 aromatic heterocycles. The summed E-state index contributed by atoms with van der Waals surface area (Å²) in [4.78, 5) is 4.35.